The van der Waals surface area contributed by atoms with Crippen molar-refractivity contribution in [1.82, 2.24) is 5.32 Å². The van der Waals surface area contributed by atoms with E-state index in [0.29, 0.717) is 12.2 Å². The van der Waals surface area contributed by atoms with Crippen LogP contribution in [-0.2, 0) is 4.74 Å². The van der Waals surface area contributed by atoms with E-state index in [9.17, 15) is 14.7 Å². The number of carboxylic acids is 1. The lowest BCUT2D eigenvalue weighted by molar-refractivity contribution is 0.0697. The average molecular weight is 292 g/mol. The van der Waals surface area contributed by atoms with Crippen LogP contribution in [0.2, 0.25) is 0 Å². The van der Waals surface area contributed by atoms with E-state index in [1.54, 1.807) is 25.1 Å². The van der Waals surface area contributed by atoms with Gasteiger partial charge in [-0.25, -0.2) is 9.59 Å². The van der Waals surface area contributed by atoms with Crippen LogP contribution in [-0.4, -0.2) is 35.4 Å². The van der Waals surface area contributed by atoms with Gasteiger partial charge in [-0.3, -0.25) is 0 Å². The normalized spacial score (nSPS) is 24.6. The van der Waals surface area contributed by atoms with Crippen LogP contribution in [0.1, 0.15) is 36.2 Å². The highest BCUT2D eigenvalue weighted by Crippen LogP contribution is 2.25. The fourth-order valence-corrected chi connectivity index (χ4v) is 2.47. The van der Waals surface area contributed by atoms with E-state index in [-0.39, 0.29) is 17.4 Å². The van der Waals surface area contributed by atoms with Crippen LogP contribution in [0.5, 0.6) is 0 Å². The molecule has 0 aliphatic carbocycles. The number of urea groups is 1. The first-order chi connectivity index (χ1) is 9.83. The third kappa shape index (κ3) is 3.16. The van der Waals surface area contributed by atoms with Crippen molar-refractivity contribution in [1.29, 1.82) is 0 Å². The van der Waals surface area contributed by atoms with Crippen LogP contribution >= 0.6 is 0 Å². The van der Waals surface area contributed by atoms with Crippen molar-refractivity contribution < 1.29 is 19.4 Å². The number of rotatable bonds is 3. The van der Waals surface area contributed by atoms with Gasteiger partial charge in [0.15, 0.2) is 0 Å². The minimum absolute atomic E-state index is 0.0836. The molecular formula is C15H20N2O4. The Morgan fingerprint density at radius 1 is 1.43 bits per heavy atom. The first-order valence-corrected chi connectivity index (χ1v) is 6.87. The number of aryl methyl sites for hydroxylation is 1. The molecular weight excluding hydrogens is 272 g/mol. The Morgan fingerprint density at radius 2 is 2.14 bits per heavy atom. The van der Waals surface area contributed by atoms with E-state index in [2.05, 4.69) is 10.6 Å². The van der Waals surface area contributed by atoms with Gasteiger partial charge >= 0.3 is 12.0 Å². The summed E-state index contributed by atoms with van der Waals surface area (Å²) in [6.45, 7) is 6.12. The summed E-state index contributed by atoms with van der Waals surface area (Å²) in [4.78, 5) is 23.4. The molecule has 0 spiro atoms. The number of nitrogens with one attached hydrogen (secondary N) is 2. The van der Waals surface area contributed by atoms with Crippen molar-refractivity contribution >= 4 is 17.7 Å². The molecule has 1 aliphatic rings. The molecule has 21 heavy (non-hydrogen) atoms. The van der Waals surface area contributed by atoms with Gasteiger partial charge in [0.1, 0.15) is 0 Å². The molecule has 0 aromatic heterocycles. The van der Waals surface area contributed by atoms with Crippen LogP contribution in [0.15, 0.2) is 18.2 Å². The molecule has 2 rings (SSSR count). The Labute approximate surface area is 123 Å². The predicted molar refractivity (Wildman–Crippen MR) is 78.7 cm³/mol. The van der Waals surface area contributed by atoms with Gasteiger partial charge in [0, 0.05) is 6.61 Å². The van der Waals surface area contributed by atoms with Crippen molar-refractivity contribution in [3.8, 4) is 0 Å². The summed E-state index contributed by atoms with van der Waals surface area (Å²) >= 11 is 0. The maximum absolute atomic E-state index is 12.1. The van der Waals surface area contributed by atoms with Crippen molar-refractivity contribution in [2.75, 3.05) is 11.9 Å². The molecule has 0 saturated carbocycles. The summed E-state index contributed by atoms with van der Waals surface area (Å²) in [6.07, 6.45) is 0.640. The summed E-state index contributed by atoms with van der Waals surface area (Å²) in [5, 5.41) is 14.7. The standard InChI is InChI=1S/C15H20N2O4/c1-9-5-4-6-11(12(9)13(18)19)16-14(20)17-15(3)7-8-21-10(15)2/h4-6,10H,7-8H2,1-3H3,(H,18,19)(H2,16,17,20). The van der Waals surface area contributed by atoms with Gasteiger partial charge < -0.3 is 20.5 Å². The molecule has 1 heterocycles. The second-order valence-electron chi connectivity index (χ2n) is 5.56. The zero-order chi connectivity index (χ0) is 15.6. The van der Waals surface area contributed by atoms with Gasteiger partial charge in [-0.1, -0.05) is 12.1 Å². The van der Waals surface area contributed by atoms with E-state index >= 15 is 0 Å². The average Bonchev–Trinajstić information content (AvgIpc) is 2.68. The third-order valence-corrected chi connectivity index (χ3v) is 4.02. The largest absolute Gasteiger partial charge is 0.478 e. The van der Waals surface area contributed by atoms with Gasteiger partial charge in [0.25, 0.3) is 0 Å². The molecule has 6 heteroatoms. The smallest absolute Gasteiger partial charge is 0.338 e. The Balaban J connectivity index is 2.14. The lowest BCUT2D eigenvalue weighted by Gasteiger charge is -2.29. The number of amides is 2. The highest BCUT2D eigenvalue weighted by Gasteiger charge is 2.38. The van der Waals surface area contributed by atoms with Crippen molar-refractivity contribution in [3.63, 3.8) is 0 Å². The molecule has 1 saturated heterocycles. The number of carbonyl (C=O) groups is 2. The van der Waals surface area contributed by atoms with Gasteiger partial charge in [0.05, 0.1) is 22.9 Å². The van der Waals surface area contributed by atoms with Crippen LogP contribution < -0.4 is 10.6 Å². The minimum Gasteiger partial charge on any atom is -0.478 e. The van der Waals surface area contributed by atoms with Crippen LogP contribution in [0.25, 0.3) is 0 Å². The number of anilines is 1. The first kappa shape index (κ1) is 15.3. The number of hydrogen-bond acceptors (Lipinski definition) is 3. The molecule has 0 radical (unpaired) electrons. The Bertz CT molecular complexity index is 573. The number of benzene rings is 1. The Morgan fingerprint density at radius 3 is 2.71 bits per heavy atom. The predicted octanol–water partition coefficient (Wildman–Crippen LogP) is 2.38. The van der Waals surface area contributed by atoms with Crippen LogP contribution in [0.4, 0.5) is 10.5 Å². The van der Waals surface area contributed by atoms with Crippen molar-refractivity contribution in [3.05, 3.63) is 29.3 Å². The van der Waals surface area contributed by atoms with Gasteiger partial charge in [-0.2, -0.15) is 0 Å². The molecule has 0 bridgehead atoms. The molecule has 114 valence electrons. The van der Waals surface area contributed by atoms with E-state index in [0.717, 1.165) is 6.42 Å². The molecule has 1 aromatic rings. The van der Waals surface area contributed by atoms with Crippen LogP contribution in [0, 0.1) is 6.92 Å². The quantitative estimate of drug-likeness (QED) is 0.798. The monoisotopic (exact) mass is 292 g/mol. The molecule has 1 aliphatic heterocycles. The lowest BCUT2D eigenvalue weighted by atomic mass is 9.95. The van der Waals surface area contributed by atoms with Gasteiger partial charge in [-0.15, -0.1) is 0 Å². The number of carboxylic acid groups (broad SMARTS) is 1. The molecule has 1 fully saturated rings. The second kappa shape index (κ2) is 5.73. The lowest BCUT2D eigenvalue weighted by Crippen LogP contribution is -2.52. The van der Waals surface area contributed by atoms with Gasteiger partial charge in [0.2, 0.25) is 0 Å². The fourth-order valence-electron chi connectivity index (χ4n) is 2.47. The summed E-state index contributed by atoms with van der Waals surface area (Å²) < 4.78 is 5.46. The highest BCUT2D eigenvalue weighted by atomic mass is 16.5. The number of aromatic carboxylic acids is 1. The molecule has 2 unspecified atom stereocenters. The topological polar surface area (TPSA) is 87.7 Å². The molecule has 2 amide bonds. The van der Waals surface area contributed by atoms with E-state index in [1.807, 2.05) is 13.8 Å². The first-order valence-electron chi connectivity index (χ1n) is 6.87. The number of carbonyl (C=O) groups excluding carboxylic acids is 1. The SMILES string of the molecule is Cc1cccc(NC(=O)NC2(C)CCOC2C)c1C(=O)O. The zero-order valence-electron chi connectivity index (χ0n) is 12.4. The Hall–Kier alpha value is -2.08. The minimum atomic E-state index is -1.06. The van der Waals surface area contributed by atoms with E-state index in [4.69, 9.17) is 4.74 Å². The summed E-state index contributed by atoms with van der Waals surface area (Å²) in [5.74, 6) is -1.06. The van der Waals surface area contributed by atoms with Crippen molar-refractivity contribution in [2.24, 2.45) is 0 Å². The van der Waals surface area contributed by atoms with Crippen LogP contribution in [0.3, 0.4) is 0 Å². The van der Waals surface area contributed by atoms with E-state index < -0.39 is 17.5 Å². The summed E-state index contributed by atoms with van der Waals surface area (Å²) in [6, 6.07) is 4.55. The Kier molecular flexibility index (Phi) is 4.18. The maximum atomic E-state index is 12.1. The molecule has 1 aromatic carbocycles. The maximum Gasteiger partial charge on any atom is 0.338 e. The van der Waals surface area contributed by atoms with E-state index in [1.165, 1.54) is 0 Å². The summed E-state index contributed by atoms with van der Waals surface area (Å²) in [7, 11) is 0. The fraction of sp³-hybridized carbons (Fsp3) is 0.467. The summed E-state index contributed by atoms with van der Waals surface area (Å²) in [5.41, 5.74) is 0.546. The molecule has 3 N–H and O–H groups in total. The molecule has 2 atom stereocenters. The third-order valence-electron chi connectivity index (χ3n) is 4.02. The second-order valence-corrected chi connectivity index (χ2v) is 5.56. The van der Waals surface area contributed by atoms with Crippen molar-refractivity contribution in [2.45, 2.75) is 38.8 Å². The molecule has 6 nitrogen and oxygen atoms in total. The number of ether oxygens (including phenoxy) is 1. The number of hydrogen-bond donors (Lipinski definition) is 3. The van der Waals surface area contributed by atoms with Gasteiger partial charge in [-0.05, 0) is 38.8 Å². The highest BCUT2D eigenvalue weighted by molar-refractivity contribution is 6.01. The zero-order valence-corrected chi connectivity index (χ0v) is 12.4.